The van der Waals surface area contributed by atoms with Crippen molar-refractivity contribution in [2.45, 2.75) is 13.0 Å². The fourth-order valence-corrected chi connectivity index (χ4v) is 0.924. The molecule has 13 heavy (non-hydrogen) atoms. The third-order valence-electron chi connectivity index (χ3n) is 1.59. The summed E-state index contributed by atoms with van der Waals surface area (Å²) < 4.78 is 5.33. The normalized spacial score (nSPS) is 8.85. The van der Waals surface area contributed by atoms with E-state index in [1.807, 2.05) is 30.3 Å². The van der Waals surface area contributed by atoms with Gasteiger partial charge in [-0.15, -0.1) is 6.42 Å². The van der Waals surface area contributed by atoms with Crippen molar-refractivity contribution in [2.75, 3.05) is 0 Å². The van der Waals surface area contributed by atoms with Crippen molar-refractivity contribution in [1.29, 1.82) is 0 Å². The van der Waals surface area contributed by atoms with Gasteiger partial charge in [-0.05, 0) is 5.56 Å². The van der Waals surface area contributed by atoms with Gasteiger partial charge in [0.25, 0.3) is 0 Å². The minimum absolute atomic E-state index is 0.479. The number of terminal acetylenes is 1. The van der Waals surface area contributed by atoms with E-state index in [2.05, 4.69) is 12.5 Å². The fourth-order valence-electron chi connectivity index (χ4n) is 0.924. The van der Waals surface area contributed by atoms with E-state index >= 15 is 0 Å². The minimum atomic E-state index is 0.479. The Kier molecular flexibility index (Phi) is 3.66. The first kappa shape index (κ1) is 9.41. The first-order valence-corrected chi connectivity index (χ1v) is 4.11. The zero-order valence-electron chi connectivity index (χ0n) is 7.49. The SMILES string of the molecule is C#CCC(=C)OCc1ccccc1. The summed E-state index contributed by atoms with van der Waals surface area (Å²) in [7, 11) is 0. The average molecular weight is 172 g/mol. The highest BCUT2D eigenvalue weighted by Crippen LogP contribution is 2.06. The summed E-state index contributed by atoms with van der Waals surface area (Å²) in [5, 5.41) is 0. The molecule has 0 saturated heterocycles. The number of benzene rings is 1. The molecule has 0 saturated carbocycles. The lowest BCUT2D eigenvalue weighted by Gasteiger charge is -2.05. The number of hydrogen-bond acceptors (Lipinski definition) is 1. The maximum atomic E-state index is 5.33. The van der Waals surface area contributed by atoms with Crippen LogP contribution in [0.1, 0.15) is 12.0 Å². The van der Waals surface area contributed by atoms with Crippen molar-refractivity contribution >= 4 is 0 Å². The second-order valence-electron chi connectivity index (χ2n) is 2.69. The van der Waals surface area contributed by atoms with Crippen molar-refractivity contribution < 1.29 is 4.74 Å². The number of allylic oxidation sites excluding steroid dienone is 1. The van der Waals surface area contributed by atoms with Crippen LogP contribution in [0.4, 0.5) is 0 Å². The van der Waals surface area contributed by atoms with Crippen LogP contribution in [-0.2, 0) is 11.3 Å². The molecule has 0 unspecified atom stereocenters. The molecule has 0 spiro atoms. The van der Waals surface area contributed by atoms with E-state index < -0.39 is 0 Å². The lowest BCUT2D eigenvalue weighted by Crippen LogP contribution is -1.91. The Hall–Kier alpha value is -1.68. The van der Waals surface area contributed by atoms with Crippen LogP contribution in [0.25, 0.3) is 0 Å². The van der Waals surface area contributed by atoms with E-state index in [-0.39, 0.29) is 0 Å². The zero-order chi connectivity index (χ0) is 9.52. The third kappa shape index (κ3) is 3.48. The zero-order valence-corrected chi connectivity index (χ0v) is 7.49. The van der Waals surface area contributed by atoms with E-state index in [0.29, 0.717) is 18.8 Å². The second kappa shape index (κ2) is 5.05. The van der Waals surface area contributed by atoms with Crippen LogP contribution >= 0.6 is 0 Å². The van der Waals surface area contributed by atoms with Crippen LogP contribution in [0, 0.1) is 12.3 Å². The van der Waals surface area contributed by atoms with Crippen molar-refractivity contribution in [3.8, 4) is 12.3 Å². The Labute approximate surface area is 79.0 Å². The van der Waals surface area contributed by atoms with Gasteiger partial charge in [-0.1, -0.05) is 42.8 Å². The summed E-state index contributed by atoms with van der Waals surface area (Å²) in [6, 6.07) is 9.93. The first-order chi connectivity index (χ1) is 6.33. The van der Waals surface area contributed by atoms with Crippen molar-refractivity contribution in [3.63, 3.8) is 0 Å². The number of rotatable bonds is 4. The van der Waals surface area contributed by atoms with Gasteiger partial charge in [-0.25, -0.2) is 0 Å². The second-order valence-corrected chi connectivity index (χ2v) is 2.69. The highest BCUT2D eigenvalue weighted by molar-refractivity contribution is 5.14. The fraction of sp³-hybridized carbons (Fsp3) is 0.167. The molecule has 1 aromatic rings. The van der Waals surface area contributed by atoms with Crippen LogP contribution < -0.4 is 0 Å². The van der Waals surface area contributed by atoms with Gasteiger partial charge in [0, 0.05) is 0 Å². The van der Waals surface area contributed by atoms with E-state index in [9.17, 15) is 0 Å². The summed E-state index contributed by atoms with van der Waals surface area (Å²) in [4.78, 5) is 0. The number of ether oxygens (including phenoxy) is 1. The molecule has 0 atom stereocenters. The van der Waals surface area contributed by atoms with Gasteiger partial charge in [-0.2, -0.15) is 0 Å². The highest BCUT2D eigenvalue weighted by Gasteiger charge is 1.93. The maximum absolute atomic E-state index is 5.33. The van der Waals surface area contributed by atoms with Crippen molar-refractivity contribution in [2.24, 2.45) is 0 Å². The predicted octanol–water partition coefficient (Wildman–Crippen LogP) is 2.74. The van der Waals surface area contributed by atoms with Crippen molar-refractivity contribution in [3.05, 3.63) is 48.2 Å². The van der Waals surface area contributed by atoms with E-state index in [1.54, 1.807) is 0 Å². The van der Waals surface area contributed by atoms with E-state index in [1.165, 1.54) is 0 Å². The Morgan fingerprint density at radius 1 is 1.38 bits per heavy atom. The molecular weight excluding hydrogens is 160 g/mol. The first-order valence-electron chi connectivity index (χ1n) is 4.11. The van der Waals surface area contributed by atoms with E-state index in [4.69, 9.17) is 11.2 Å². The lowest BCUT2D eigenvalue weighted by atomic mass is 10.2. The van der Waals surface area contributed by atoms with Crippen LogP contribution in [0.2, 0.25) is 0 Å². The molecule has 66 valence electrons. The quantitative estimate of drug-likeness (QED) is 0.501. The Morgan fingerprint density at radius 2 is 2.08 bits per heavy atom. The Bertz CT molecular complexity index is 306. The molecule has 0 aromatic heterocycles. The molecule has 0 bridgehead atoms. The predicted molar refractivity (Wildman–Crippen MR) is 53.8 cm³/mol. The van der Waals surface area contributed by atoms with Crippen LogP contribution in [-0.4, -0.2) is 0 Å². The van der Waals surface area contributed by atoms with Crippen molar-refractivity contribution in [1.82, 2.24) is 0 Å². The summed E-state index contributed by atoms with van der Waals surface area (Å²) in [6.45, 7) is 4.24. The molecular formula is C12H12O. The summed E-state index contributed by atoms with van der Waals surface area (Å²) >= 11 is 0. The molecule has 0 radical (unpaired) electrons. The van der Waals surface area contributed by atoms with Gasteiger partial charge in [0.2, 0.25) is 0 Å². The monoisotopic (exact) mass is 172 g/mol. The topological polar surface area (TPSA) is 9.23 Å². The molecule has 0 N–H and O–H groups in total. The van der Waals surface area contributed by atoms with Gasteiger partial charge in [0.1, 0.15) is 12.4 Å². The van der Waals surface area contributed by atoms with Gasteiger partial charge in [0.05, 0.1) is 6.42 Å². The average Bonchev–Trinajstić information content (AvgIpc) is 2.17. The molecule has 1 nitrogen and oxygen atoms in total. The molecule has 0 amide bonds. The molecule has 0 aliphatic heterocycles. The van der Waals surface area contributed by atoms with Gasteiger partial charge >= 0.3 is 0 Å². The largest absolute Gasteiger partial charge is 0.493 e. The minimum Gasteiger partial charge on any atom is -0.493 e. The van der Waals surface area contributed by atoms with Gasteiger partial charge in [0.15, 0.2) is 0 Å². The summed E-state index contributed by atoms with van der Waals surface area (Å²) in [5.74, 6) is 3.12. The highest BCUT2D eigenvalue weighted by atomic mass is 16.5. The maximum Gasteiger partial charge on any atom is 0.113 e. The van der Waals surface area contributed by atoms with Crippen LogP contribution in [0.15, 0.2) is 42.7 Å². The molecule has 0 heterocycles. The molecule has 1 rings (SSSR count). The molecule has 0 fully saturated rings. The van der Waals surface area contributed by atoms with Gasteiger partial charge in [-0.3, -0.25) is 0 Å². The third-order valence-corrected chi connectivity index (χ3v) is 1.59. The molecule has 1 heteroatoms. The Balaban J connectivity index is 2.36. The van der Waals surface area contributed by atoms with E-state index in [0.717, 1.165) is 5.56 Å². The summed E-state index contributed by atoms with van der Waals surface area (Å²) in [5.41, 5.74) is 1.13. The molecule has 0 aliphatic rings. The van der Waals surface area contributed by atoms with Gasteiger partial charge < -0.3 is 4.74 Å². The standard InChI is InChI=1S/C12H12O/c1-3-7-11(2)13-10-12-8-5-4-6-9-12/h1,4-6,8-9H,2,7,10H2. The number of hydrogen-bond donors (Lipinski definition) is 0. The lowest BCUT2D eigenvalue weighted by molar-refractivity contribution is 0.197. The van der Waals surface area contributed by atoms with Crippen LogP contribution in [0.5, 0.6) is 0 Å². The molecule has 1 aromatic carbocycles. The summed E-state index contributed by atoms with van der Waals surface area (Å²) in [6.07, 6.45) is 5.59. The Morgan fingerprint density at radius 3 is 2.69 bits per heavy atom. The van der Waals surface area contributed by atoms with Crippen LogP contribution in [0.3, 0.4) is 0 Å². The molecule has 0 aliphatic carbocycles. The smallest absolute Gasteiger partial charge is 0.113 e.